The van der Waals surface area contributed by atoms with Crippen LogP contribution in [0.5, 0.6) is 0 Å². The molecule has 0 radical (unpaired) electrons. The zero-order valence-corrected chi connectivity index (χ0v) is 21.9. The maximum atomic E-state index is 13.5. The Bertz CT molecular complexity index is 1600. The average Bonchev–Trinajstić information content (AvgIpc) is 3.56. The van der Waals surface area contributed by atoms with E-state index < -0.39 is 17.9 Å². The summed E-state index contributed by atoms with van der Waals surface area (Å²) in [6.07, 6.45) is -4.78. The first-order valence-corrected chi connectivity index (χ1v) is 13.0. The number of nitrogens with one attached hydrogen (secondary N) is 2. The minimum Gasteiger partial charge on any atom is -0.402 e. The van der Waals surface area contributed by atoms with Gasteiger partial charge in [0.05, 0.1) is 36.2 Å². The Morgan fingerprint density at radius 3 is 2.51 bits per heavy atom. The van der Waals surface area contributed by atoms with E-state index in [0.717, 1.165) is 29.0 Å². The van der Waals surface area contributed by atoms with Crippen molar-refractivity contribution >= 4 is 23.2 Å². The Labute approximate surface area is 232 Å². The monoisotopic (exact) mass is 562 g/mol. The number of pyridine rings is 1. The van der Waals surface area contributed by atoms with E-state index in [0.29, 0.717) is 18.9 Å². The van der Waals surface area contributed by atoms with E-state index in [1.807, 2.05) is 61.5 Å². The second kappa shape index (κ2) is 10.8. The molecule has 2 aromatic heterocycles. The predicted octanol–water partition coefficient (Wildman–Crippen LogP) is 5.00. The summed E-state index contributed by atoms with van der Waals surface area (Å²) in [5.74, 6) is -0.264. The van der Waals surface area contributed by atoms with Crippen LogP contribution >= 0.6 is 0 Å². The highest BCUT2D eigenvalue weighted by atomic mass is 19.4. The van der Waals surface area contributed by atoms with Crippen molar-refractivity contribution in [1.29, 1.82) is 0 Å². The number of aromatic nitrogens is 3. The minimum absolute atomic E-state index is 0.0470. The number of hydrogen-bond acceptors (Lipinski definition) is 9. The zero-order chi connectivity index (χ0) is 28.6. The number of fused-ring (bicyclic) bond motifs is 1. The van der Waals surface area contributed by atoms with Gasteiger partial charge in [-0.3, -0.25) is 9.79 Å². The fourth-order valence-electron chi connectivity index (χ4n) is 4.84. The van der Waals surface area contributed by atoms with Crippen molar-refractivity contribution in [3.63, 3.8) is 0 Å². The van der Waals surface area contributed by atoms with Gasteiger partial charge in [-0.15, -0.1) is 5.10 Å². The van der Waals surface area contributed by atoms with Crippen LogP contribution in [0, 0.1) is 5.92 Å². The third kappa shape index (κ3) is 5.55. The Kier molecular flexibility index (Phi) is 7.00. The van der Waals surface area contributed by atoms with Gasteiger partial charge in [-0.25, -0.2) is 4.98 Å². The fraction of sp³-hybridized carbons (Fsp3) is 0.276. The molecule has 3 atom stereocenters. The highest BCUT2D eigenvalue weighted by molar-refractivity contribution is 6.16. The number of alkyl halides is 3. The number of ketones is 1. The van der Waals surface area contributed by atoms with Crippen LogP contribution in [0.4, 0.5) is 24.9 Å². The molecule has 4 heterocycles. The molecule has 0 aliphatic carbocycles. The number of halogens is 3. The molecule has 41 heavy (non-hydrogen) atoms. The van der Waals surface area contributed by atoms with Gasteiger partial charge in [0.15, 0.2) is 17.6 Å². The molecule has 4 aromatic rings. The first kappa shape index (κ1) is 26.6. The van der Waals surface area contributed by atoms with Gasteiger partial charge in [0.1, 0.15) is 0 Å². The smallest absolute Gasteiger partial charge is 0.402 e. The molecule has 1 fully saturated rings. The number of Topliss-reactive ketones (excluding diaryl/α,β-unsaturated/α-hetero) is 1. The number of rotatable bonds is 6. The molecule has 1 saturated heterocycles. The first-order valence-electron chi connectivity index (χ1n) is 13.0. The third-order valence-corrected chi connectivity index (χ3v) is 7.06. The van der Waals surface area contributed by atoms with Crippen LogP contribution in [0.2, 0.25) is 0 Å². The predicted molar refractivity (Wildman–Crippen MR) is 145 cm³/mol. The lowest BCUT2D eigenvalue weighted by molar-refractivity contribution is -0.137. The Morgan fingerprint density at radius 1 is 0.976 bits per heavy atom. The van der Waals surface area contributed by atoms with E-state index in [2.05, 4.69) is 25.8 Å². The quantitative estimate of drug-likeness (QED) is 0.338. The topological polar surface area (TPSA) is 115 Å². The SMILES string of the molecule is C[C@@H]1COC[C@H]1Nc1cc(C(F)(F)F)cnc1-c1nnc(N[C@H]2N=C(c3ccccc3)c3ccccc3CC2=O)o1. The Morgan fingerprint density at radius 2 is 1.76 bits per heavy atom. The first-order chi connectivity index (χ1) is 19.8. The lowest BCUT2D eigenvalue weighted by Crippen LogP contribution is -2.29. The van der Waals surface area contributed by atoms with E-state index in [-0.39, 0.29) is 47.5 Å². The summed E-state index contributed by atoms with van der Waals surface area (Å²) in [5, 5.41) is 14.0. The molecule has 0 bridgehead atoms. The van der Waals surface area contributed by atoms with E-state index in [1.165, 1.54) is 0 Å². The summed E-state index contributed by atoms with van der Waals surface area (Å²) in [6, 6.07) is 17.7. The second-order valence-electron chi connectivity index (χ2n) is 9.99. The van der Waals surface area contributed by atoms with Crippen LogP contribution in [0.15, 0.2) is 76.3 Å². The molecule has 0 spiro atoms. The number of nitrogens with zero attached hydrogens (tertiary/aromatic N) is 4. The van der Waals surface area contributed by atoms with Gasteiger partial charge in [0.2, 0.25) is 0 Å². The lowest BCUT2D eigenvalue weighted by atomic mass is 9.96. The van der Waals surface area contributed by atoms with Crippen LogP contribution in [0.1, 0.15) is 29.2 Å². The highest BCUT2D eigenvalue weighted by Crippen LogP contribution is 2.35. The van der Waals surface area contributed by atoms with Crippen LogP contribution in [0.3, 0.4) is 0 Å². The van der Waals surface area contributed by atoms with Crippen molar-refractivity contribution in [3.05, 3.63) is 89.1 Å². The molecular formula is C29H25F3N6O3. The lowest BCUT2D eigenvalue weighted by Gasteiger charge is -2.19. The van der Waals surface area contributed by atoms with Gasteiger partial charge in [0.25, 0.3) is 5.89 Å². The van der Waals surface area contributed by atoms with Gasteiger partial charge in [0, 0.05) is 29.7 Å². The van der Waals surface area contributed by atoms with Crippen LogP contribution in [-0.4, -0.2) is 52.1 Å². The van der Waals surface area contributed by atoms with Crippen LogP contribution in [0.25, 0.3) is 11.6 Å². The Balaban J connectivity index is 1.32. The molecule has 2 aliphatic heterocycles. The van der Waals surface area contributed by atoms with Crippen molar-refractivity contribution in [1.82, 2.24) is 15.2 Å². The summed E-state index contributed by atoms with van der Waals surface area (Å²) in [4.78, 5) is 22.0. The van der Waals surface area contributed by atoms with Crippen molar-refractivity contribution in [2.45, 2.75) is 31.7 Å². The summed E-state index contributed by atoms with van der Waals surface area (Å²) in [5.41, 5.74) is 2.37. The van der Waals surface area contributed by atoms with Crippen LogP contribution in [-0.2, 0) is 22.1 Å². The summed E-state index contributed by atoms with van der Waals surface area (Å²) >= 11 is 0. The standard InChI is InChI=1S/C29H25F3N6O3/c1-16-14-40-15-22(16)34-21-12-19(29(30,31)32)13-33-25(21)27-37-38-28(41-27)36-26-23(39)11-18-9-5-6-10-20(18)24(35-26)17-7-3-2-4-8-17/h2-10,12-13,16,22,26,34H,11,14-15H2,1H3,(H,36,38)/t16-,22-,26-/m1/s1. The van der Waals surface area contributed by atoms with E-state index in [1.54, 1.807) is 0 Å². The minimum atomic E-state index is -4.59. The van der Waals surface area contributed by atoms with Gasteiger partial charge in [-0.05, 0) is 11.6 Å². The third-order valence-electron chi connectivity index (χ3n) is 7.06. The molecular weight excluding hydrogens is 537 g/mol. The van der Waals surface area contributed by atoms with Gasteiger partial charge < -0.3 is 19.8 Å². The molecule has 210 valence electrons. The molecule has 0 unspecified atom stereocenters. The molecule has 2 aromatic carbocycles. The molecule has 2 N–H and O–H groups in total. The molecule has 6 rings (SSSR count). The summed E-state index contributed by atoms with van der Waals surface area (Å²) < 4.78 is 51.7. The number of carbonyl (C=O) groups excluding carboxylic acids is 1. The van der Waals surface area contributed by atoms with Crippen LogP contribution < -0.4 is 10.6 Å². The second-order valence-corrected chi connectivity index (χ2v) is 9.99. The van der Waals surface area contributed by atoms with Gasteiger partial charge in [-0.2, -0.15) is 13.2 Å². The zero-order valence-electron chi connectivity index (χ0n) is 21.9. The van der Waals surface area contributed by atoms with Crippen molar-refractivity contribution in [3.8, 4) is 11.6 Å². The van der Waals surface area contributed by atoms with Crippen molar-refractivity contribution < 1.29 is 27.1 Å². The molecule has 2 aliphatic rings. The average molecular weight is 563 g/mol. The Hall–Kier alpha value is -4.58. The number of hydrogen-bond donors (Lipinski definition) is 2. The van der Waals surface area contributed by atoms with E-state index in [9.17, 15) is 18.0 Å². The van der Waals surface area contributed by atoms with E-state index >= 15 is 0 Å². The fourth-order valence-corrected chi connectivity index (χ4v) is 4.84. The van der Waals surface area contributed by atoms with Crippen molar-refractivity contribution in [2.75, 3.05) is 23.8 Å². The number of carbonyl (C=O) groups is 1. The number of ether oxygens (including phenoxy) is 1. The molecule has 0 amide bonds. The maximum Gasteiger partial charge on any atom is 0.417 e. The van der Waals surface area contributed by atoms with E-state index in [4.69, 9.17) is 14.1 Å². The molecule has 12 heteroatoms. The number of anilines is 2. The van der Waals surface area contributed by atoms with Crippen molar-refractivity contribution in [2.24, 2.45) is 10.9 Å². The highest BCUT2D eigenvalue weighted by Gasteiger charge is 2.34. The van der Waals surface area contributed by atoms with Gasteiger partial charge >= 0.3 is 12.2 Å². The normalized spacial score (nSPS) is 20.7. The molecule has 9 nitrogen and oxygen atoms in total. The summed E-state index contributed by atoms with van der Waals surface area (Å²) in [7, 11) is 0. The maximum absolute atomic E-state index is 13.5. The molecule has 0 saturated carbocycles. The number of benzene rings is 2. The summed E-state index contributed by atoms with van der Waals surface area (Å²) in [6.45, 7) is 2.76. The number of aliphatic imine (C=N–C) groups is 1. The van der Waals surface area contributed by atoms with Gasteiger partial charge in [-0.1, -0.05) is 66.6 Å². The largest absolute Gasteiger partial charge is 0.417 e.